The number of nitrogens with zero attached hydrogens (tertiary/aromatic N) is 2. The second kappa shape index (κ2) is 9.06. The minimum absolute atomic E-state index is 0.0488. The van der Waals surface area contributed by atoms with Crippen LogP contribution in [0.25, 0.3) is 0 Å². The van der Waals surface area contributed by atoms with Crippen molar-refractivity contribution in [1.82, 2.24) is 15.6 Å². The molecule has 3 aliphatic heterocycles. The Bertz CT molecular complexity index is 838. The molecule has 1 aromatic rings. The van der Waals surface area contributed by atoms with Gasteiger partial charge < -0.3 is 5.32 Å². The first-order valence-corrected chi connectivity index (χ1v) is 13.0. The second-order valence-electron chi connectivity index (χ2n) is 8.51. The van der Waals surface area contributed by atoms with Gasteiger partial charge in [0.25, 0.3) is 5.91 Å². The Labute approximate surface area is 179 Å². The third kappa shape index (κ3) is 4.39. The first-order valence-electron chi connectivity index (χ1n) is 10.9. The highest BCUT2D eigenvalue weighted by atomic mass is 32.3. The van der Waals surface area contributed by atoms with Crippen molar-refractivity contribution in [3.05, 3.63) is 35.6 Å². The lowest BCUT2D eigenvalue weighted by molar-refractivity contribution is -0.130. The van der Waals surface area contributed by atoms with E-state index in [0.29, 0.717) is 23.8 Å². The van der Waals surface area contributed by atoms with E-state index < -0.39 is 10.0 Å². The molecule has 0 bridgehead atoms. The number of nitrogens with one attached hydrogen (secondary N) is 2. The summed E-state index contributed by atoms with van der Waals surface area (Å²) in [6.45, 7) is 0.835. The molecule has 0 aliphatic carbocycles. The van der Waals surface area contributed by atoms with E-state index in [1.54, 1.807) is 19.2 Å². The van der Waals surface area contributed by atoms with Crippen molar-refractivity contribution < 1.29 is 14.0 Å². The lowest BCUT2D eigenvalue weighted by atomic mass is 10.1. The molecule has 2 atom stereocenters. The maximum atomic E-state index is 13.7. The molecule has 1 spiro atoms. The molecular formula is C22H31FN4O2S. The normalized spacial score (nSPS) is 27.5. The molecule has 0 saturated carbocycles. The van der Waals surface area contributed by atoms with Gasteiger partial charge in [-0.05, 0) is 48.5 Å². The Hall–Kier alpha value is -1.93. The molecule has 164 valence electrons. The van der Waals surface area contributed by atoms with Gasteiger partial charge >= 0.3 is 0 Å². The lowest BCUT2D eigenvalue weighted by Gasteiger charge is -2.45. The highest BCUT2D eigenvalue weighted by molar-refractivity contribution is 8.34. The monoisotopic (exact) mass is 434 g/mol. The standard InChI is InChI=1S/C22H31FN4O2S/c1-27-20(28)10-9-19(26-27)21(29)25-22-24-15-18(14-16-7-6-8-17(23)13-16)30(22)11-4-2-3-5-12-30/h6-8,13,18,22,24H,2-5,9-12,14-15H2,1H3,(H,25,29). The van der Waals surface area contributed by atoms with Gasteiger partial charge in [-0.1, -0.05) is 25.0 Å². The van der Waals surface area contributed by atoms with Crippen LogP contribution in [0, 0.1) is 5.82 Å². The average Bonchev–Trinajstić information content (AvgIpc) is 2.89. The van der Waals surface area contributed by atoms with Crippen LogP contribution in [0.15, 0.2) is 29.4 Å². The van der Waals surface area contributed by atoms with Crippen LogP contribution in [0.3, 0.4) is 0 Å². The second-order valence-corrected chi connectivity index (χ2v) is 12.5. The number of carbonyl (C=O) groups is 2. The summed E-state index contributed by atoms with van der Waals surface area (Å²) in [7, 11) is 0.442. The highest BCUT2D eigenvalue weighted by Crippen LogP contribution is 2.61. The Kier molecular flexibility index (Phi) is 6.43. The first kappa shape index (κ1) is 21.3. The van der Waals surface area contributed by atoms with Crippen LogP contribution in [0.2, 0.25) is 0 Å². The van der Waals surface area contributed by atoms with E-state index in [1.807, 2.05) is 6.07 Å². The molecule has 6 nitrogen and oxygen atoms in total. The Morgan fingerprint density at radius 2 is 2.03 bits per heavy atom. The minimum Gasteiger partial charge on any atom is -0.328 e. The molecule has 2 unspecified atom stereocenters. The minimum atomic E-state index is -1.15. The van der Waals surface area contributed by atoms with Crippen molar-refractivity contribution in [3.63, 3.8) is 0 Å². The number of hydrogen-bond donors (Lipinski definition) is 2. The number of carbonyl (C=O) groups excluding carboxylic acids is 2. The van der Waals surface area contributed by atoms with Crippen LogP contribution >= 0.6 is 10.0 Å². The molecule has 1 aromatic carbocycles. The molecule has 0 aromatic heterocycles. The van der Waals surface area contributed by atoms with E-state index in [2.05, 4.69) is 15.7 Å². The number of hydrogen-bond acceptors (Lipinski definition) is 4. The quantitative estimate of drug-likeness (QED) is 0.765. The van der Waals surface area contributed by atoms with Gasteiger partial charge in [-0.2, -0.15) is 5.10 Å². The maximum absolute atomic E-state index is 13.7. The number of halogens is 1. The predicted molar refractivity (Wildman–Crippen MR) is 119 cm³/mol. The van der Waals surface area contributed by atoms with E-state index in [9.17, 15) is 14.0 Å². The van der Waals surface area contributed by atoms with Crippen molar-refractivity contribution >= 4 is 27.6 Å². The molecule has 2 amide bonds. The van der Waals surface area contributed by atoms with Crippen molar-refractivity contribution in [2.45, 2.75) is 55.7 Å². The molecule has 2 saturated heterocycles. The fraction of sp³-hybridized carbons (Fsp3) is 0.591. The third-order valence-corrected chi connectivity index (χ3v) is 11.5. The summed E-state index contributed by atoms with van der Waals surface area (Å²) in [5.74, 6) is 1.84. The SMILES string of the molecule is CN1N=C(C(=O)NC2NCC(Cc3cccc(F)c3)S23CCCCCC3)CCC1=O. The van der Waals surface area contributed by atoms with Crippen molar-refractivity contribution in [2.24, 2.45) is 5.10 Å². The molecule has 4 rings (SSSR count). The molecular weight excluding hydrogens is 403 g/mol. The van der Waals surface area contributed by atoms with Gasteiger partial charge in [0.2, 0.25) is 5.91 Å². The number of rotatable bonds is 4. The topological polar surface area (TPSA) is 73.8 Å². The van der Waals surface area contributed by atoms with Gasteiger partial charge in [-0.25, -0.2) is 19.4 Å². The smallest absolute Gasteiger partial charge is 0.269 e. The first-order chi connectivity index (χ1) is 14.5. The molecule has 2 fully saturated rings. The van der Waals surface area contributed by atoms with E-state index in [1.165, 1.54) is 36.8 Å². The fourth-order valence-electron chi connectivity index (χ4n) is 4.90. The van der Waals surface area contributed by atoms with Crippen LogP contribution in [0.5, 0.6) is 0 Å². The van der Waals surface area contributed by atoms with E-state index in [0.717, 1.165) is 30.0 Å². The number of hydrazone groups is 1. The fourth-order valence-corrected chi connectivity index (χ4v) is 9.83. The van der Waals surface area contributed by atoms with Gasteiger partial charge in [0.15, 0.2) is 0 Å². The molecule has 2 N–H and O–H groups in total. The van der Waals surface area contributed by atoms with E-state index in [4.69, 9.17) is 0 Å². The third-order valence-electron chi connectivity index (χ3n) is 6.55. The zero-order chi connectivity index (χ0) is 21.1. The van der Waals surface area contributed by atoms with Gasteiger partial charge in [0.05, 0.1) is 0 Å². The Morgan fingerprint density at radius 3 is 2.73 bits per heavy atom. The number of amides is 2. The van der Waals surface area contributed by atoms with Gasteiger partial charge in [-0.15, -0.1) is 0 Å². The van der Waals surface area contributed by atoms with Crippen LogP contribution in [0.1, 0.15) is 44.1 Å². The van der Waals surface area contributed by atoms with Crippen LogP contribution in [0.4, 0.5) is 4.39 Å². The Morgan fingerprint density at radius 1 is 1.27 bits per heavy atom. The summed E-state index contributed by atoms with van der Waals surface area (Å²) in [6.07, 6.45) is 6.38. The molecule has 3 heterocycles. The van der Waals surface area contributed by atoms with Crippen molar-refractivity contribution in [1.29, 1.82) is 0 Å². The van der Waals surface area contributed by atoms with E-state index >= 15 is 0 Å². The Balaban J connectivity index is 1.54. The zero-order valence-corrected chi connectivity index (χ0v) is 18.3. The maximum Gasteiger partial charge on any atom is 0.269 e. The summed E-state index contributed by atoms with van der Waals surface area (Å²) in [6, 6.07) is 6.91. The largest absolute Gasteiger partial charge is 0.328 e. The molecule has 8 heteroatoms. The molecule has 0 radical (unpaired) electrons. The van der Waals surface area contributed by atoms with Crippen LogP contribution in [-0.2, 0) is 16.0 Å². The summed E-state index contributed by atoms with van der Waals surface area (Å²) >= 11 is 0. The van der Waals surface area contributed by atoms with Crippen LogP contribution < -0.4 is 10.6 Å². The van der Waals surface area contributed by atoms with Crippen LogP contribution in [-0.4, -0.2) is 58.4 Å². The predicted octanol–water partition coefficient (Wildman–Crippen LogP) is 2.73. The average molecular weight is 435 g/mol. The van der Waals surface area contributed by atoms with Crippen molar-refractivity contribution in [3.8, 4) is 0 Å². The van der Waals surface area contributed by atoms with Gasteiger partial charge in [-0.3, -0.25) is 14.9 Å². The summed E-state index contributed by atoms with van der Waals surface area (Å²) in [5.41, 5.74) is 1.41. The molecule has 30 heavy (non-hydrogen) atoms. The number of benzene rings is 1. The van der Waals surface area contributed by atoms with Gasteiger partial charge in [0.1, 0.15) is 17.0 Å². The zero-order valence-electron chi connectivity index (χ0n) is 17.5. The summed E-state index contributed by atoms with van der Waals surface area (Å²) < 4.78 is 13.7. The lowest BCUT2D eigenvalue weighted by Crippen LogP contribution is -2.49. The highest BCUT2D eigenvalue weighted by Gasteiger charge is 2.46. The van der Waals surface area contributed by atoms with Crippen molar-refractivity contribution in [2.75, 3.05) is 25.1 Å². The van der Waals surface area contributed by atoms with E-state index in [-0.39, 0.29) is 23.1 Å². The summed E-state index contributed by atoms with van der Waals surface area (Å²) in [4.78, 5) is 24.7. The summed E-state index contributed by atoms with van der Waals surface area (Å²) in [5, 5.41) is 12.7. The molecule has 3 aliphatic rings. The van der Waals surface area contributed by atoms with Gasteiger partial charge in [0, 0.05) is 31.7 Å².